The van der Waals surface area contributed by atoms with Crippen LogP contribution in [0.4, 0.5) is 5.69 Å². The van der Waals surface area contributed by atoms with Gasteiger partial charge in [0, 0.05) is 31.6 Å². The normalized spacial score (nSPS) is 15.9. The number of aliphatic carboxylic acids is 1. The lowest BCUT2D eigenvalue weighted by Gasteiger charge is -2.31. The molecule has 0 unspecified atom stereocenters. The average Bonchev–Trinajstić information content (AvgIpc) is 2.46. The van der Waals surface area contributed by atoms with Gasteiger partial charge in [0.05, 0.1) is 0 Å². The fourth-order valence-corrected chi connectivity index (χ4v) is 2.80. The van der Waals surface area contributed by atoms with Crippen LogP contribution in [0, 0.1) is 5.92 Å². The lowest BCUT2D eigenvalue weighted by molar-refractivity contribution is -0.138. The van der Waals surface area contributed by atoms with Gasteiger partial charge >= 0.3 is 5.97 Å². The maximum absolute atomic E-state index is 12.2. The Morgan fingerprint density at radius 2 is 1.90 bits per heavy atom. The number of likely N-dealkylation sites (tertiary alicyclic amines) is 1. The molecule has 1 aromatic carbocycles. The number of nitrogens with zero attached hydrogens (tertiary/aromatic N) is 1. The Morgan fingerprint density at radius 1 is 1.24 bits per heavy atom. The molecular weight excluding hydrogens is 268 g/mol. The molecule has 0 atom stereocenters. The maximum atomic E-state index is 12.2. The monoisotopic (exact) mass is 290 g/mol. The van der Waals surface area contributed by atoms with E-state index in [1.165, 1.54) is 0 Å². The Morgan fingerprint density at radius 3 is 2.52 bits per heavy atom. The number of hydrogen-bond donors (Lipinski definition) is 2. The first kappa shape index (κ1) is 15.4. The summed E-state index contributed by atoms with van der Waals surface area (Å²) in [5, 5.41) is 8.78. The van der Waals surface area contributed by atoms with E-state index >= 15 is 0 Å². The van der Waals surface area contributed by atoms with Crippen LogP contribution in [-0.2, 0) is 16.0 Å². The first-order chi connectivity index (χ1) is 10.1. The minimum Gasteiger partial charge on any atom is -0.481 e. The van der Waals surface area contributed by atoms with Crippen LogP contribution in [0.1, 0.15) is 31.2 Å². The third-order valence-electron chi connectivity index (χ3n) is 4.09. The molecule has 1 saturated heterocycles. The van der Waals surface area contributed by atoms with E-state index in [4.69, 9.17) is 10.8 Å². The highest BCUT2D eigenvalue weighted by Crippen LogP contribution is 2.21. The van der Waals surface area contributed by atoms with Crippen molar-refractivity contribution in [2.24, 2.45) is 5.92 Å². The number of carbonyl (C=O) groups excluding carboxylic acids is 1. The SMILES string of the molecule is Nc1ccccc1CCC(=O)N1CCC(CC(=O)O)CC1. The predicted molar refractivity (Wildman–Crippen MR) is 80.7 cm³/mol. The van der Waals surface area contributed by atoms with Gasteiger partial charge in [-0.05, 0) is 36.8 Å². The Kier molecular flexibility index (Phi) is 5.20. The van der Waals surface area contributed by atoms with Gasteiger partial charge in [-0.3, -0.25) is 9.59 Å². The number of carboxylic acid groups (broad SMARTS) is 1. The number of rotatable bonds is 5. The van der Waals surface area contributed by atoms with Gasteiger partial charge in [-0.15, -0.1) is 0 Å². The van der Waals surface area contributed by atoms with Crippen LogP contribution >= 0.6 is 0 Å². The summed E-state index contributed by atoms with van der Waals surface area (Å²) in [4.78, 5) is 24.7. The predicted octanol–water partition coefficient (Wildman–Crippen LogP) is 1.91. The Labute approximate surface area is 124 Å². The number of amides is 1. The van der Waals surface area contributed by atoms with Gasteiger partial charge in [-0.25, -0.2) is 0 Å². The van der Waals surface area contributed by atoms with Crippen molar-refractivity contribution in [1.82, 2.24) is 4.90 Å². The molecular formula is C16H22N2O3. The molecule has 3 N–H and O–H groups in total. The van der Waals surface area contributed by atoms with E-state index in [-0.39, 0.29) is 18.2 Å². The van der Waals surface area contributed by atoms with Crippen molar-refractivity contribution in [2.75, 3.05) is 18.8 Å². The van der Waals surface area contributed by atoms with Crippen LogP contribution in [0.5, 0.6) is 0 Å². The standard InChI is InChI=1S/C16H22N2O3/c17-14-4-2-1-3-13(14)5-6-15(19)18-9-7-12(8-10-18)11-16(20)21/h1-4,12H,5-11,17H2,(H,20,21). The van der Waals surface area contributed by atoms with E-state index in [1.54, 1.807) is 0 Å². The third-order valence-corrected chi connectivity index (χ3v) is 4.09. The fourth-order valence-electron chi connectivity index (χ4n) is 2.80. The second kappa shape index (κ2) is 7.11. The maximum Gasteiger partial charge on any atom is 0.303 e. The highest BCUT2D eigenvalue weighted by Gasteiger charge is 2.24. The molecule has 1 heterocycles. The molecule has 5 nitrogen and oxygen atoms in total. The van der Waals surface area contributed by atoms with Crippen molar-refractivity contribution >= 4 is 17.6 Å². The number of benzene rings is 1. The van der Waals surface area contributed by atoms with Gasteiger partial charge in [0.1, 0.15) is 0 Å². The quantitative estimate of drug-likeness (QED) is 0.811. The van der Waals surface area contributed by atoms with Crippen LogP contribution < -0.4 is 5.73 Å². The summed E-state index contributed by atoms with van der Waals surface area (Å²) >= 11 is 0. The molecule has 1 fully saturated rings. The number of carboxylic acids is 1. The van der Waals surface area contributed by atoms with Crippen molar-refractivity contribution in [3.63, 3.8) is 0 Å². The zero-order chi connectivity index (χ0) is 15.2. The first-order valence-electron chi connectivity index (χ1n) is 7.39. The van der Waals surface area contributed by atoms with Crippen LogP contribution in [0.15, 0.2) is 24.3 Å². The number of aryl methyl sites for hydroxylation is 1. The number of piperidine rings is 1. The van der Waals surface area contributed by atoms with Crippen LogP contribution in [0.2, 0.25) is 0 Å². The van der Waals surface area contributed by atoms with Gasteiger partial charge in [-0.2, -0.15) is 0 Å². The molecule has 0 aliphatic carbocycles. The molecule has 0 spiro atoms. The topological polar surface area (TPSA) is 83.6 Å². The lowest BCUT2D eigenvalue weighted by atomic mass is 9.93. The minimum absolute atomic E-state index is 0.132. The third kappa shape index (κ3) is 4.48. The second-order valence-corrected chi connectivity index (χ2v) is 5.62. The van der Waals surface area contributed by atoms with E-state index < -0.39 is 5.97 Å². The molecule has 21 heavy (non-hydrogen) atoms. The van der Waals surface area contributed by atoms with Crippen LogP contribution in [0.25, 0.3) is 0 Å². The van der Waals surface area contributed by atoms with Crippen molar-refractivity contribution in [2.45, 2.75) is 32.1 Å². The van der Waals surface area contributed by atoms with Crippen molar-refractivity contribution in [3.8, 4) is 0 Å². The van der Waals surface area contributed by atoms with Crippen molar-refractivity contribution in [3.05, 3.63) is 29.8 Å². The number of carbonyl (C=O) groups is 2. The second-order valence-electron chi connectivity index (χ2n) is 5.62. The summed E-state index contributed by atoms with van der Waals surface area (Å²) in [5.41, 5.74) is 7.60. The highest BCUT2D eigenvalue weighted by molar-refractivity contribution is 5.76. The fraction of sp³-hybridized carbons (Fsp3) is 0.500. The summed E-state index contributed by atoms with van der Waals surface area (Å²) in [6.45, 7) is 1.34. The number of nitrogens with two attached hydrogens (primary N) is 1. The zero-order valence-electron chi connectivity index (χ0n) is 12.1. The molecule has 2 rings (SSSR count). The molecule has 1 aliphatic heterocycles. The molecule has 114 valence electrons. The molecule has 1 aliphatic rings. The highest BCUT2D eigenvalue weighted by atomic mass is 16.4. The van der Waals surface area contributed by atoms with Gasteiger partial charge < -0.3 is 15.7 Å². The van der Waals surface area contributed by atoms with Gasteiger partial charge in [0.2, 0.25) is 5.91 Å². The molecule has 0 aromatic heterocycles. The van der Waals surface area contributed by atoms with Gasteiger partial charge in [-0.1, -0.05) is 18.2 Å². The number of anilines is 1. The molecule has 0 saturated carbocycles. The zero-order valence-corrected chi connectivity index (χ0v) is 12.1. The van der Waals surface area contributed by atoms with Crippen LogP contribution in [0.3, 0.4) is 0 Å². The summed E-state index contributed by atoms with van der Waals surface area (Å²) < 4.78 is 0. The molecule has 5 heteroatoms. The van der Waals surface area contributed by atoms with Gasteiger partial charge in [0.25, 0.3) is 0 Å². The first-order valence-corrected chi connectivity index (χ1v) is 7.39. The van der Waals surface area contributed by atoms with E-state index in [0.717, 1.165) is 24.1 Å². The molecule has 0 bridgehead atoms. The molecule has 1 aromatic rings. The molecule has 1 amide bonds. The van der Waals surface area contributed by atoms with Crippen molar-refractivity contribution in [1.29, 1.82) is 0 Å². The van der Waals surface area contributed by atoms with E-state index in [1.807, 2.05) is 29.2 Å². The lowest BCUT2D eigenvalue weighted by Crippen LogP contribution is -2.39. The van der Waals surface area contributed by atoms with E-state index in [9.17, 15) is 9.59 Å². The number of hydrogen-bond acceptors (Lipinski definition) is 3. The van der Waals surface area contributed by atoms with E-state index in [2.05, 4.69) is 0 Å². The van der Waals surface area contributed by atoms with Crippen molar-refractivity contribution < 1.29 is 14.7 Å². The summed E-state index contributed by atoms with van der Waals surface area (Å²) in [5.74, 6) is -0.414. The van der Waals surface area contributed by atoms with Gasteiger partial charge in [0.15, 0.2) is 0 Å². The molecule has 0 radical (unpaired) electrons. The van der Waals surface area contributed by atoms with E-state index in [0.29, 0.717) is 25.9 Å². The largest absolute Gasteiger partial charge is 0.481 e. The Balaban J connectivity index is 1.77. The number of para-hydroxylation sites is 1. The Hall–Kier alpha value is -2.04. The van der Waals surface area contributed by atoms with Crippen LogP contribution in [-0.4, -0.2) is 35.0 Å². The average molecular weight is 290 g/mol. The number of nitrogen functional groups attached to an aromatic ring is 1. The summed E-state index contributed by atoms with van der Waals surface area (Å²) in [7, 11) is 0. The summed E-state index contributed by atoms with van der Waals surface area (Å²) in [6.07, 6.45) is 2.89. The Bertz CT molecular complexity index is 508. The summed E-state index contributed by atoms with van der Waals surface area (Å²) in [6, 6.07) is 7.60. The smallest absolute Gasteiger partial charge is 0.303 e. The minimum atomic E-state index is -0.751.